The number of hydrogen-bond acceptors (Lipinski definition) is 1. The minimum Gasteiger partial charge on any atom is -0.375 e. The van der Waals surface area contributed by atoms with Crippen LogP contribution in [0.4, 0.5) is 0 Å². The van der Waals surface area contributed by atoms with E-state index in [4.69, 9.17) is 4.74 Å². The van der Waals surface area contributed by atoms with Gasteiger partial charge in [-0.15, -0.1) is 0 Å². The van der Waals surface area contributed by atoms with Crippen molar-refractivity contribution >= 4 is 0 Å². The van der Waals surface area contributed by atoms with Crippen molar-refractivity contribution in [2.24, 2.45) is 0 Å². The van der Waals surface area contributed by atoms with E-state index < -0.39 is 0 Å². The Labute approximate surface area is 141 Å². The van der Waals surface area contributed by atoms with Gasteiger partial charge in [0.2, 0.25) is 0 Å². The van der Waals surface area contributed by atoms with E-state index in [1.54, 1.807) is 0 Å². The highest BCUT2D eigenvalue weighted by Crippen LogP contribution is 2.17. The predicted molar refractivity (Wildman–Crippen MR) is 98.8 cm³/mol. The molecule has 0 heterocycles. The van der Waals surface area contributed by atoms with Crippen molar-refractivity contribution in [2.75, 3.05) is 0 Å². The normalized spacial score (nSPS) is 13.7. The van der Waals surface area contributed by atoms with E-state index in [0.717, 1.165) is 38.5 Å². The molecular formula is C22H30O. The Hall–Kier alpha value is -1.60. The third-order valence-electron chi connectivity index (χ3n) is 4.49. The van der Waals surface area contributed by atoms with Crippen LogP contribution in [0.25, 0.3) is 0 Å². The van der Waals surface area contributed by atoms with Gasteiger partial charge in [0, 0.05) is 0 Å². The third-order valence-corrected chi connectivity index (χ3v) is 4.49. The molecule has 1 heteroatoms. The molecule has 0 unspecified atom stereocenters. The summed E-state index contributed by atoms with van der Waals surface area (Å²) in [6.45, 7) is 4.47. The fourth-order valence-corrected chi connectivity index (χ4v) is 2.95. The maximum absolute atomic E-state index is 6.39. The van der Waals surface area contributed by atoms with Crippen molar-refractivity contribution in [1.82, 2.24) is 0 Å². The zero-order chi connectivity index (χ0) is 16.3. The number of ether oxygens (including phenoxy) is 1. The Kier molecular flexibility index (Phi) is 7.89. The second-order valence-corrected chi connectivity index (χ2v) is 6.25. The molecule has 0 N–H and O–H groups in total. The molecule has 0 aliphatic rings. The first-order chi connectivity index (χ1) is 11.3. The third kappa shape index (κ3) is 6.58. The number of rotatable bonds is 10. The fourth-order valence-electron chi connectivity index (χ4n) is 2.95. The predicted octanol–water partition coefficient (Wildman–Crippen LogP) is 5.83. The minimum absolute atomic E-state index is 0.371. The Bertz CT molecular complexity index is 471. The van der Waals surface area contributed by atoms with Gasteiger partial charge in [0.1, 0.15) is 0 Å². The van der Waals surface area contributed by atoms with E-state index in [-0.39, 0.29) is 0 Å². The molecule has 2 aromatic carbocycles. The van der Waals surface area contributed by atoms with Crippen LogP contribution in [0.15, 0.2) is 60.7 Å². The lowest BCUT2D eigenvalue weighted by molar-refractivity contribution is -0.0232. The van der Waals surface area contributed by atoms with Gasteiger partial charge >= 0.3 is 0 Å². The first-order valence-corrected chi connectivity index (χ1v) is 9.05. The zero-order valence-electron chi connectivity index (χ0n) is 14.6. The topological polar surface area (TPSA) is 9.23 Å². The monoisotopic (exact) mass is 310 g/mol. The van der Waals surface area contributed by atoms with Crippen LogP contribution >= 0.6 is 0 Å². The highest BCUT2D eigenvalue weighted by Gasteiger charge is 2.14. The van der Waals surface area contributed by atoms with Gasteiger partial charge in [-0.25, -0.2) is 0 Å². The summed E-state index contributed by atoms with van der Waals surface area (Å²) >= 11 is 0. The Morgan fingerprint density at radius 1 is 0.652 bits per heavy atom. The van der Waals surface area contributed by atoms with Crippen LogP contribution in [-0.2, 0) is 17.6 Å². The van der Waals surface area contributed by atoms with E-state index in [1.807, 2.05) is 0 Å². The number of benzene rings is 2. The maximum atomic E-state index is 6.39. The molecular weight excluding hydrogens is 280 g/mol. The molecule has 0 spiro atoms. The summed E-state index contributed by atoms with van der Waals surface area (Å²) in [7, 11) is 0. The summed E-state index contributed by atoms with van der Waals surface area (Å²) in [6.07, 6.45) is 7.36. The standard InChI is InChI=1S/C22H30O/c1-3-21(17-15-19-11-7-5-8-12-19)23-22(4-2)18-16-20-13-9-6-10-14-20/h5-14,21-22H,3-4,15-18H2,1-2H3/t21-,22-/m0/s1. The number of hydrogen-bond donors (Lipinski definition) is 0. The van der Waals surface area contributed by atoms with Gasteiger partial charge in [-0.1, -0.05) is 74.5 Å². The van der Waals surface area contributed by atoms with Crippen molar-refractivity contribution in [1.29, 1.82) is 0 Å². The molecule has 124 valence electrons. The zero-order valence-corrected chi connectivity index (χ0v) is 14.6. The molecule has 2 rings (SSSR count). The summed E-state index contributed by atoms with van der Waals surface area (Å²) in [6, 6.07) is 21.5. The van der Waals surface area contributed by atoms with Gasteiger partial charge in [-0.2, -0.15) is 0 Å². The van der Waals surface area contributed by atoms with Gasteiger partial charge in [0.05, 0.1) is 12.2 Å². The molecule has 0 aromatic heterocycles. The Balaban J connectivity index is 1.78. The largest absolute Gasteiger partial charge is 0.375 e. The average molecular weight is 310 g/mol. The van der Waals surface area contributed by atoms with Crippen molar-refractivity contribution in [3.05, 3.63) is 71.8 Å². The van der Waals surface area contributed by atoms with Crippen molar-refractivity contribution in [3.63, 3.8) is 0 Å². The summed E-state index contributed by atoms with van der Waals surface area (Å²) in [5.74, 6) is 0. The molecule has 2 aromatic rings. The lowest BCUT2D eigenvalue weighted by atomic mass is 10.0. The summed E-state index contributed by atoms with van der Waals surface area (Å²) in [5, 5.41) is 0. The SMILES string of the molecule is CC[C@@H](CCc1ccccc1)O[C@@H](CC)CCc1ccccc1. The highest BCUT2D eigenvalue weighted by molar-refractivity contribution is 5.15. The molecule has 23 heavy (non-hydrogen) atoms. The van der Waals surface area contributed by atoms with E-state index in [1.165, 1.54) is 11.1 Å². The second kappa shape index (κ2) is 10.2. The fraction of sp³-hybridized carbons (Fsp3) is 0.455. The smallest absolute Gasteiger partial charge is 0.0579 e. The quantitative estimate of drug-likeness (QED) is 0.537. The van der Waals surface area contributed by atoms with Gasteiger partial charge in [0.25, 0.3) is 0 Å². The van der Waals surface area contributed by atoms with Crippen LogP contribution in [0.1, 0.15) is 50.7 Å². The Morgan fingerprint density at radius 2 is 1.04 bits per heavy atom. The van der Waals surface area contributed by atoms with Crippen molar-refractivity contribution < 1.29 is 4.74 Å². The molecule has 2 atom stereocenters. The molecule has 0 saturated carbocycles. The maximum Gasteiger partial charge on any atom is 0.0579 e. The average Bonchev–Trinajstić information content (AvgIpc) is 2.63. The van der Waals surface area contributed by atoms with Crippen LogP contribution in [0.2, 0.25) is 0 Å². The van der Waals surface area contributed by atoms with Crippen molar-refractivity contribution in [3.8, 4) is 0 Å². The Morgan fingerprint density at radius 3 is 1.39 bits per heavy atom. The van der Waals surface area contributed by atoms with Crippen LogP contribution in [0, 0.1) is 0 Å². The lowest BCUT2D eigenvalue weighted by Crippen LogP contribution is -2.22. The molecule has 0 bridgehead atoms. The van der Waals surface area contributed by atoms with Gasteiger partial charge in [-0.3, -0.25) is 0 Å². The van der Waals surface area contributed by atoms with Gasteiger partial charge in [-0.05, 0) is 49.7 Å². The van der Waals surface area contributed by atoms with Gasteiger partial charge < -0.3 is 4.74 Å². The van der Waals surface area contributed by atoms with Crippen LogP contribution in [0.5, 0.6) is 0 Å². The number of aryl methyl sites for hydroxylation is 2. The van der Waals surface area contributed by atoms with Gasteiger partial charge in [0.15, 0.2) is 0 Å². The molecule has 0 aliphatic heterocycles. The van der Waals surface area contributed by atoms with Crippen LogP contribution < -0.4 is 0 Å². The highest BCUT2D eigenvalue weighted by atomic mass is 16.5. The van der Waals surface area contributed by atoms with E-state index >= 15 is 0 Å². The molecule has 0 saturated heterocycles. The summed E-state index contributed by atoms with van der Waals surface area (Å²) in [4.78, 5) is 0. The summed E-state index contributed by atoms with van der Waals surface area (Å²) in [5.41, 5.74) is 2.82. The van der Waals surface area contributed by atoms with Crippen molar-refractivity contribution in [2.45, 2.75) is 64.6 Å². The lowest BCUT2D eigenvalue weighted by Gasteiger charge is -2.23. The second-order valence-electron chi connectivity index (χ2n) is 6.25. The first-order valence-electron chi connectivity index (χ1n) is 9.05. The van der Waals surface area contributed by atoms with E-state index in [0.29, 0.717) is 12.2 Å². The van der Waals surface area contributed by atoms with Crippen LogP contribution in [-0.4, -0.2) is 12.2 Å². The molecule has 0 radical (unpaired) electrons. The van der Waals surface area contributed by atoms with Crippen LogP contribution in [0.3, 0.4) is 0 Å². The molecule has 0 amide bonds. The molecule has 0 fully saturated rings. The summed E-state index contributed by atoms with van der Waals surface area (Å²) < 4.78 is 6.39. The first kappa shape index (κ1) is 17.7. The minimum atomic E-state index is 0.371. The molecule has 1 nitrogen and oxygen atoms in total. The molecule has 0 aliphatic carbocycles. The van der Waals surface area contributed by atoms with E-state index in [2.05, 4.69) is 74.5 Å². The van der Waals surface area contributed by atoms with E-state index in [9.17, 15) is 0 Å².